The number of fused-ring (bicyclic) bond motifs is 1. The molecule has 96 valence electrons. The van der Waals surface area contributed by atoms with E-state index in [-0.39, 0.29) is 0 Å². The van der Waals surface area contributed by atoms with Crippen molar-refractivity contribution in [2.45, 2.75) is 17.0 Å². The Hall–Kier alpha value is -1.94. The van der Waals surface area contributed by atoms with E-state index in [0.717, 1.165) is 27.9 Å². The van der Waals surface area contributed by atoms with E-state index in [1.54, 1.807) is 11.8 Å². The number of pyridine rings is 1. The number of H-pyrrole nitrogens is 1. The third-order valence-corrected chi connectivity index (χ3v) is 3.68. The molecule has 0 fully saturated rings. The van der Waals surface area contributed by atoms with Gasteiger partial charge in [0, 0.05) is 17.4 Å². The number of rotatable bonds is 4. The van der Waals surface area contributed by atoms with Gasteiger partial charge in [-0.2, -0.15) is 0 Å². The molecule has 19 heavy (non-hydrogen) atoms. The highest BCUT2D eigenvalue weighted by molar-refractivity contribution is 7.99. The summed E-state index contributed by atoms with van der Waals surface area (Å²) in [5.74, 6) is 0.920. The lowest BCUT2D eigenvalue weighted by Gasteiger charge is -2.03. The van der Waals surface area contributed by atoms with Gasteiger partial charge in [0.15, 0.2) is 0 Å². The van der Waals surface area contributed by atoms with Gasteiger partial charge < -0.3 is 10.3 Å². The molecular formula is C15H15N3S. The third-order valence-electron chi connectivity index (χ3n) is 2.80. The molecule has 0 bridgehead atoms. The molecule has 0 radical (unpaired) electrons. The molecule has 0 atom stereocenters. The van der Waals surface area contributed by atoms with Gasteiger partial charge in [0.1, 0.15) is 10.8 Å². The van der Waals surface area contributed by atoms with Gasteiger partial charge in [-0.25, -0.2) is 4.98 Å². The molecule has 4 heteroatoms. The van der Waals surface area contributed by atoms with Crippen LogP contribution in [0.15, 0.2) is 58.6 Å². The van der Waals surface area contributed by atoms with Crippen LogP contribution in [-0.4, -0.2) is 16.5 Å². The molecule has 2 N–H and O–H groups in total. The summed E-state index contributed by atoms with van der Waals surface area (Å²) >= 11 is 1.65. The van der Waals surface area contributed by atoms with Crippen LogP contribution in [-0.2, 0) is 0 Å². The van der Waals surface area contributed by atoms with Crippen molar-refractivity contribution in [3.05, 3.63) is 48.5 Å². The Kier molecular flexibility index (Phi) is 3.42. The maximum absolute atomic E-state index is 4.56. The summed E-state index contributed by atoms with van der Waals surface area (Å²) in [5, 5.41) is 6.56. The number of nitrogens with zero attached hydrogens (tertiary/aromatic N) is 1. The van der Waals surface area contributed by atoms with Crippen molar-refractivity contribution >= 4 is 28.5 Å². The van der Waals surface area contributed by atoms with Crippen molar-refractivity contribution in [3.63, 3.8) is 0 Å². The molecule has 0 unspecified atom stereocenters. The van der Waals surface area contributed by atoms with Crippen molar-refractivity contribution in [3.8, 4) is 0 Å². The first-order valence-corrected chi connectivity index (χ1v) is 7.13. The second-order valence-corrected chi connectivity index (χ2v) is 5.28. The quantitative estimate of drug-likeness (QED) is 0.747. The molecule has 0 amide bonds. The average molecular weight is 269 g/mol. The first kappa shape index (κ1) is 12.1. The molecule has 0 aliphatic rings. The minimum Gasteiger partial charge on any atom is -0.370 e. The van der Waals surface area contributed by atoms with E-state index in [2.05, 4.69) is 46.5 Å². The Morgan fingerprint density at radius 3 is 2.89 bits per heavy atom. The van der Waals surface area contributed by atoms with E-state index < -0.39 is 0 Å². The summed E-state index contributed by atoms with van der Waals surface area (Å²) in [6.45, 7) is 2.95. The Balaban J connectivity index is 1.85. The van der Waals surface area contributed by atoms with Crippen LogP contribution < -0.4 is 5.32 Å². The molecule has 1 aromatic carbocycles. The summed E-state index contributed by atoms with van der Waals surface area (Å²) in [7, 11) is 0. The number of hydrogen-bond donors (Lipinski definition) is 2. The van der Waals surface area contributed by atoms with Crippen LogP contribution in [0.2, 0.25) is 0 Å². The Morgan fingerprint density at radius 1 is 1.16 bits per heavy atom. The van der Waals surface area contributed by atoms with E-state index in [1.807, 2.05) is 24.3 Å². The van der Waals surface area contributed by atoms with E-state index >= 15 is 0 Å². The van der Waals surface area contributed by atoms with Crippen molar-refractivity contribution in [2.24, 2.45) is 0 Å². The van der Waals surface area contributed by atoms with Crippen molar-refractivity contribution < 1.29 is 0 Å². The van der Waals surface area contributed by atoms with Gasteiger partial charge in [0.25, 0.3) is 0 Å². The van der Waals surface area contributed by atoms with Crippen molar-refractivity contribution in [1.82, 2.24) is 9.97 Å². The highest BCUT2D eigenvalue weighted by atomic mass is 32.2. The minimum atomic E-state index is 0.882. The van der Waals surface area contributed by atoms with Crippen LogP contribution >= 0.6 is 11.8 Å². The first-order chi connectivity index (χ1) is 9.35. The molecule has 3 nitrogen and oxygen atoms in total. The normalized spacial score (nSPS) is 10.8. The highest BCUT2D eigenvalue weighted by Crippen LogP contribution is 2.29. The van der Waals surface area contributed by atoms with Gasteiger partial charge in [-0.05, 0) is 31.2 Å². The Labute approximate surface area is 116 Å². The van der Waals surface area contributed by atoms with Crippen molar-refractivity contribution in [1.29, 1.82) is 0 Å². The van der Waals surface area contributed by atoms with E-state index in [1.165, 1.54) is 5.39 Å². The Morgan fingerprint density at radius 2 is 2.05 bits per heavy atom. The van der Waals surface area contributed by atoms with Crippen molar-refractivity contribution in [2.75, 3.05) is 11.9 Å². The fraction of sp³-hybridized carbons (Fsp3) is 0.133. The van der Waals surface area contributed by atoms with E-state index in [0.29, 0.717) is 0 Å². The standard InChI is InChI=1S/C15H15N3S/c1-2-16-13-8-5-9-14(18-13)19-15-10-11-6-3-4-7-12(11)17-15/h3-10,17H,2H2,1H3,(H,16,18). The molecule has 0 aliphatic carbocycles. The van der Waals surface area contributed by atoms with E-state index in [9.17, 15) is 0 Å². The van der Waals surface area contributed by atoms with Crippen LogP contribution in [0.1, 0.15) is 6.92 Å². The molecule has 2 aromatic heterocycles. The number of aromatic nitrogens is 2. The van der Waals surface area contributed by atoms with Crippen LogP contribution in [0.4, 0.5) is 5.82 Å². The number of anilines is 1. The number of para-hydroxylation sites is 1. The lowest BCUT2D eigenvalue weighted by atomic mass is 10.3. The van der Waals surface area contributed by atoms with Gasteiger partial charge >= 0.3 is 0 Å². The zero-order valence-electron chi connectivity index (χ0n) is 10.7. The highest BCUT2D eigenvalue weighted by Gasteiger charge is 2.04. The fourth-order valence-corrected chi connectivity index (χ4v) is 2.83. The lowest BCUT2D eigenvalue weighted by molar-refractivity contribution is 1.08. The second kappa shape index (κ2) is 5.36. The lowest BCUT2D eigenvalue weighted by Crippen LogP contribution is -1.98. The van der Waals surface area contributed by atoms with Crippen LogP contribution in [0.25, 0.3) is 10.9 Å². The number of aromatic amines is 1. The predicted molar refractivity (Wildman–Crippen MR) is 80.8 cm³/mol. The monoisotopic (exact) mass is 269 g/mol. The van der Waals surface area contributed by atoms with Gasteiger partial charge in [-0.1, -0.05) is 36.0 Å². The SMILES string of the molecule is CCNc1cccc(Sc2cc3ccccc3[nH]2)n1. The summed E-state index contributed by atoms with van der Waals surface area (Å²) in [6.07, 6.45) is 0. The van der Waals surface area contributed by atoms with Crippen LogP contribution in [0.5, 0.6) is 0 Å². The molecular weight excluding hydrogens is 254 g/mol. The summed E-state index contributed by atoms with van der Waals surface area (Å²) in [4.78, 5) is 7.96. The van der Waals surface area contributed by atoms with Gasteiger partial charge in [0.05, 0.1) is 5.03 Å². The molecule has 3 rings (SSSR count). The van der Waals surface area contributed by atoms with Gasteiger partial charge in [-0.15, -0.1) is 0 Å². The topological polar surface area (TPSA) is 40.7 Å². The number of benzene rings is 1. The van der Waals surface area contributed by atoms with Crippen LogP contribution in [0.3, 0.4) is 0 Å². The summed E-state index contributed by atoms with van der Waals surface area (Å²) in [6, 6.07) is 16.5. The zero-order valence-corrected chi connectivity index (χ0v) is 11.5. The maximum atomic E-state index is 4.56. The Bertz CT molecular complexity index is 657. The third kappa shape index (κ3) is 2.74. The summed E-state index contributed by atoms with van der Waals surface area (Å²) < 4.78 is 0. The molecule has 0 saturated heterocycles. The molecule has 2 heterocycles. The molecule has 0 aliphatic heterocycles. The molecule has 0 spiro atoms. The smallest absolute Gasteiger partial charge is 0.127 e. The van der Waals surface area contributed by atoms with Crippen LogP contribution in [0, 0.1) is 0 Å². The van der Waals surface area contributed by atoms with Gasteiger partial charge in [-0.3, -0.25) is 0 Å². The van der Waals surface area contributed by atoms with E-state index in [4.69, 9.17) is 0 Å². The maximum Gasteiger partial charge on any atom is 0.127 e. The number of hydrogen-bond acceptors (Lipinski definition) is 3. The number of nitrogens with one attached hydrogen (secondary N) is 2. The predicted octanol–water partition coefficient (Wildman–Crippen LogP) is 4.15. The summed E-state index contributed by atoms with van der Waals surface area (Å²) in [5.41, 5.74) is 1.16. The fourth-order valence-electron chi connectivity index (χ4n) is 1.97. The second-order valence-electron chi connectivity index (χ2n) is 4.21. The molecule has 0 saturated carbocycles. The minimum absolute atomic E-state index is 0.882. The average Bonchev–Trinajstić information content (AvgIpc) is 2.81. The largest absolute Gasteiger partial charge is 0.370 e. The first-order valence-electron chi connectivity index (χ1n) is 6.31. The molecule has 3 aromatic rings. The zero-order chi connectivity index (χ0) is 13.1. The van der Waals surface area contributed by atoms with Gasteiger partial charge in [0.2, 0.25) is 0 Å².